The molecular formula is C25H21N3O4S. The van der Waals surface area contributed by atoms with Gasteiger partial charge in [-0.2, -0.15) is 0 Å². The number of likely N-dealkylation sites (N-methyl/N-ethyl adjacent to an activating group) is 1. The van der Waals surface area contributed by atoms with Crippen LogP contribution in [0.15, 0.2) is 59.0 Å². The first kappa shape index (κ1) is 21.1. The zero-order valence-corrected chi connectivity index (χ0v) is 19.2. The molecule has 1 amide bonds. The summed E-state index contributed by atoms with van der Waals surface area (Å²) in [6.07, 6.45) is 1.43. The van der Waals surface area contributed by atoms with Crippen molar-refractivity contribution in [2.24, 2.45) is 0 Å². The van der Waals surface area contributed by atoms with Crippen molar-refractivity contribution >= 4 is 38.9 Å². The van der Waals surface area contributed by atoms with E-state index < -0.39 is 6.04 Å². The molecule has 0 fully saturated rings. The third-order valence-electron chi connectivity index (χ3n) is 6.01. The summed E-state index contributed by atoms with van der Waals surface area (Å²) in [7, 11) is 1.65. The molecule has 33 heavy (non-hydrogen) atoms. The topological polar surface area (TPSA) is 81.5 Å². The Labute approximate surface area is 193 Å². The number of fused-ring (bicyclic) bond motifs is 2. The van der Waals surface area contributed by atoms with E-state index in [1.54, 1.807) is 32.2 Å². The van der Waals surface area contributed by atoms with Crippen LogP contribution in [-0.4, -0.2) is 34.9 Å². The van der Waals surface area contributed by atoms with Gasteiger partial charge in [-0.25, -0.2) is 4.98 Å². The third kappa shape index (κ3) is 3.52. The Morgan fingerprint density at radius 2 is 1.91 bits per heavy atom. The summed E-state index contributed by atoms with van der Waals surface area (Å²) in [5.41, 5.74) is 3.55. The summed E-state index contributed by atoms with van der Waals surface area (Å²) < 4.78 is 6.82. The van der Waals surface area contributed by atoms with Gasteiger partial charge < -0.3 is 9.64 Å². The molecule has 3 heterocycles. The van der Waals surface area contributed by atoms with Crippen LogP contribution in [-0.2, 0) is 4.79 Å². The van der Waals surface area contributed by atoms with Crippen molar-refractivity contribution in [2.45, 2.75) is 19.9 Å². The van der Waals surface area contributed by atoms with Crippen LogP contribution in [0.2, 0.25) is 0 Å². The lowest BCUT2D eigenvalue weighted by molar-refractivity contribution is -0.120. The van der Waals surface area contributed by atoms with Crippen molar-refractivity contribution < 1.29 is 14.3 Å². The van der Waals surface area contributed by atoms with Crippen LogP contribution in [0.5, 0.6) is 5.75 Å². The molecule has 2 aromatic heterocycles. The van der Waals surface area contributed by atoms with Crippen LogP contribution in [0, 0.1) is 6.92 Å². The second-order valence-electron chi connectivity index (χ2n) is 8.12. The molecule has 0 radical (unpaired) electrons. The van der Waals surface area contributed by atoms with E-state index in [0.717, 1.165) is 16.7 Å². The molecule has 166 valence electrons. The molecule has 2 aromatic carbocycles. The standard InChI is InChI=1S/C25H21N3O4S/c1-14-4-6-16(7-5-14)18-12-33-24-22(18)25(31)28(13-26-24)15(2)23(30)17-8-9-20-19(10-17)27(3)21(29)11-32-20/h4-10,12-13,15H,11H2,1-3H3. The first-order valence-electron chi connectivity index (χ1n) is 10.5. The molecule has 5 rings (SSSR count). The first-order valence-corrected chi connectivity index (χ1v) is 11.4. The molecule has 1 aliphatic heterocycles. The Kier molecular flexibility index (Phi) is 5.09. The van der Waals surface area contributed by atoms with Crippen LogP contribution in [0.1, 0.15) is 28.9 Å². The molecule has 8 heteroatoms. The van der Waals surface area contributed by atoms with Crippen LogP contribution < -0.4 is 15.2 Å². The number of nitrogens with zero attached hydrogens (tertiary/aromatic N) is 3. The highest BCUT2D eigenvalue weighted by molar-refractivity contribution is 7.17. The summed E-state index contributed by atoms with van der Waals surface area (Å²) in [4.78, 5) is 45.3. The van der Waals surface area contributed by atoms with Gasteiger partial charge >= 0.3 is 0 Å². The van der Waals surface area contributed by atoms with E-state index in [2.05, 4.69) is 4.98 Å². The molecule has 0 N–H and O–H groups in total. The maximum Gasteiger partial charge on any atom is 0.264 e. The number of ether oxygens (including phenoxy) is 1. The molecule has 0 spiro atoms. The second-order valence-corrected chi connectivity index (χ2v) is 8.97. The lowest BCUT2D eigenvalue weighted by Crippen LogP contribution is -2.35. The van der Waals surface area contributed by atoms with Crippen molar-refractivity contribution in [3.05, 3.63) is 75.7 Å². The number of aromatic nitrogens is 2. The number of thiophene rings is 1. The average Bonchev–Trinajstić information content (AvgIpc) is 3.26. The minimum atomic E-state index is -0.774. The Balaban J connectivity index is 1.54. The van der Waals surface area contributed by atoms with Crippen molar-refractivity contribution in [2.75, 3.05) is 18.6 Å². The van der Waals surface area contributed by atoms with E-state index in [-0.39, 0.29) is 23.9 Å². The number of rotatable bonds is 4. The number of carbonyl (C=O) groups excluding carboxylic acids is 2. The van der Waals surface area contributed by atoms with Crippen molar-refractivity contribution in [3.8, 4) is 16.9 Å². The normalized spacial score (nSPS) is 14.2. The fraction of sp³-hybridized carbons (Fsp3) is 0.200. The summed E-state index contributed by atoms with van der Waals surface area (Å²) >= 11 is 1.41. The van der Waals surface area contributed by atoms with Crippen molar-refractivity contribution in [1.29, 1.82) is 0 Å². The zero-order valence-electron chi connectivity index (χ0n) is 18.4. The molecule has 1 aliphatic rings. The van der Waals surface area contributed by atoms with Gasteiger partial charge in [-0.3, -0.25) is 19.0 Å². The van der Waals surface area contributed by atoms with Gasteiger partial charge in [0.2, 0.25) is 0 Å². The van der Waals surface area contributed by atoms with E-state index in [1.807, 2.05) is 36.6 Å². The van der Waals surface area contributed by atoms with E-state index >= 15 is 0 Å². The highest BCUT2D eigenvalue weighted by Gasteiger charge is 2.26. The maximum absolute atomic E-state index is 13.5. The Morgan fingerprint density at radius 3 is 2.67 bits per heavy atom. The van der Waals surface area contributed by atoms with E-state index in [0.29, 0.717) is 27.2 Å². The average molecular weight is 460 g/mol. The lowest BCUT2D eigenvalue weighted by Gasteiger charge is -2.26. The maximum atomic E-state index is 13.5. The van der Waals surface area contributed by atoms with Gasteiger partial charge in [0.15, 0.2) is 12.4 Å². The largest absolute Gasteiger partial charge is 0.482 e. The molecule has 0 saturated heterocycles. The van der Waals surface area contributed by atoms with E-state index in [9.17, 15) is 14.4 Å². The number of hydrogen-bond acceptors (Lipinski definition) is 6. The number of aryl methyl sites for hydroxylation is 1. The molecule has 1 atom stereocenters. The minimum absolute atomic E-state index is 0.0295. The number of anilines is 1. The summed E-state index contributed by atoms with van der Waals surface area (Å²) in [6, 6.07) is 12.2. The van der Waals surface area contributed by atoms with Crippen LogP contribution >= 0.6 is 11.3 Å². The molecule has 4 aromatic rings. The van der Waals surface area contributed by atoms with Crippen LogP contribution in [0.25, 0.3) is 21.3 Å². The smallest absolute Gasteiger partial charge is 0.264 e. The van der Waals surface area contributed by atoms with Gasteiger partial charge in [-0.15, -0.1) is 11.3 Å². The molecule has 0 bridgehead atoms. The fourth-order valence-corrected chi connectivity index (χ4v) is 4.87. The molecule has 7 nitrogen and oxygen atoms in total. The quantitative estimate of drug-likeness (QED) is 0.427. The highest BCUT2D eigenvalue weighted by atomic mass is 32.1. The summed E-state index contributed by atoms with van der Waals surface area (Å²) in [6.45, 7) is 3.66. The summed E-state index contributed by atoms with van der Waals surface area (Å²) in [5, 5.41) is 2.44. The first-order chi connectivity index (χ1) is 15.8. The van der Waals surface area contributed by atoms with Gasteiger partial charge in [0.05, 0.1) is 23.4 Å². The van der Waals surface area contributed by atoms with Gasteiger partial charge in [0.25, 0.3) is 11.5 Å². The van der Waals surface area contributed by atoms with Gasteiger partial charge in [0, 0.05) is 23.6 Å². The molecular weight excluding hydrogens is 438 g/mol. The highest BCUT2D eigenvalue weighted by Crippen LogP contribution is 2.34. The molecule has 0 aliphatic carbocycles. The fourth-order valence-electron chi connectivity index (χ4n) is 3.96. The van der Waals surface area contributed by atoms with Crippen LogP contribution in [0.3, 0.4) is 0 Å². The number of amides is 1. The number of ketones is 1. The lowest BCUT2D eigenvalue weighted by atomic mass is 10.0. The SMILES string of the molecule is Cc1ccc(-c2csc3ncn(C(C)C(=O)c4ccc5c(c4)N(C)C(=O)CO5)c(=O)c23)cc1. The van der Waals surface area contributed by atoms with Gasteiger partial charge in [-0.1, -0.05) is 29.8 Å². The number of benzene rings is 2. The van der Waals surface area contributed by atoms with Crippen molar-refractivity contribution in [3.63, 3.8) is 0 Å². The van der Waals surface area contributed by atoms with Crippen LogP contribution in [0.4, 0.5) is 5.69 Å². The Bertz CT molecular complexity index is 1470. The van der Waals surface area contributed by atoms with Crippen molar-refractivity contribution in [1.82, 2.24) is 9.55 Å². The Hall–Kier alpha value is -3.78. The predicted octanol–water partition coefficient (Wildman–Crippen LogP) is 4.23. The predicted molar refractivity (Wildman–Crippen MR) is 128 cm³/mol. The van der Waals surface area contributed by atoms with Gasteiger partial charge in [0.1, 0.15) is 10.6 Å². The number of Topliss-reactive ketones (excluding diaryl/α,β-unsaturated/α-hetero) is 1. The second kappa shape index (κ2) is 7.97. The summed E-state index contributed by atoms with van der Waals surface area (Å²) in [5.74, 6) is 0.106. The monoisotopic (exact) mass is 459 g/mol. The zero-order chi connectivity index (χ0) is 23.3. The third-order valence-corrected chi connectivity index (χ3v) is 6.90. The number of carbonyl (C=O) groups is 2. The van der Waals surface area contributed by atoms with E-state index in [1.165, 1.54) is 27.1 Å². The van der Waals surface area contributed by atoms with E-state index in [4.69, 9.17) is 4.74 Å². The molecule has 0 saturated carbocycles. The van der Waals surface area contributed by atoms with Gasteiger partial charge in [-0.05, 0) is 37.6 Å². The number of hydrogen-bond donors (Lipinski definition) is 0. The minimum Gasteiger partial charge on any atom is -0.482 e. The molecule has 1 unspecified atom stereocenters. The Morgan fingerprint density at radius 1 is 1.15 bits per heavy atom.